The summed E-state index contributed by atoms with van der Waals surface area (Å²) in [6, 6.07) is 5.69. The highest BCUT2D eigenvalue weighted by molar-refractivity contribution is 7.92. The minimum absolute atomic E-state index is 0.0343. The molecular formula is C14H24N2O3S. The molecule has 0 amide bonds. The van der Waals surface area contributed by atoms with Crippen molar-refractivity contribution in [2.24, 2.45) is 0 Å². The van der Waals surface area contributed by atoms with Gasteiger partial charge in [0.05, 0.1) is 18.6 Å². The predicted molar refractivity (Wildman–Crippen MR) is 82.7 cm³/mol. The Balaban J connectivity index is 3.09. The van der Waals surface area contributed by atoms with Gasteiger partial charge in [0.1, 0.15) is 0 Å². The number of nitrogens with zero attached hydrogens (tertiary/aromatic N) is 1. The summed E-state index contributed by atoms with van der Waals surface area (Å²) < 4.78 is 25.6. The van der Waals surface area contributed by atoms with Gasteiger partial charge < -0.3 is 10.4 Å². The van der Waals surface area contributed by atoms with Crippen LogP contribution in [-0.4, -0.2) is 45.5 Å². The molecule has 0 aliphatic rings. The van der Waals surface area contributed by atoms with Crippen LogP contribution >= 0.6 is 0 Å². The third-order valence-electron chi connectivity index (χ3n) is 3.13. The summed E-state index contributed by atoms with van der Waals surface area (Å²) in [6.45, 7) is 6.54. The molecule has 1 unspecified atom stereocenters. The van der Waals surface area contributed by atoms with Crippen molar-refractivity contribution in [1.82, 2.24) is 5.32 Å². The number of anilines is 1. The van der Waals surface area contributed by atoms with Crippen LogP contribution in [0.2, 0.25) is 0 Å². The lowest BCUT2D eigenvalue weighted by Crippen LogP contribution is -2.43. The second-order valence-electron chi connectivity index (χ2n) is 5.11. The van der Waals surface area contributed by atoms with Gasteiger partial charge >= 0.3 is 0 Å². The summed E-state index contributed by atoms with van der Waals surface area (Å²) >= 11 is 0. The van der Waals surface area contributed by atoms with Crippen molar-refractivity contribution in [1.29, 1.82) is 0 Å². The number of aliphatic hydroxyl groups is 1. The van der Waals surface area contributed by atoms with Gasteiger partial charge in [-0.05, 0) is 31.9 Å². The number of aliphatic hydroxyl groups excluding tert-OH is 1. The molecule has 1 atom stereocenters. The van der Waals surface area contributed by atoms with Crippen LogP contribution in [0.4, 0.5) is 5.69 Å². The monoisotopic (exact) mass is 300 g/mol. The fourth-order valence-electron chi connectivity index (χ4n) is 2.22. The Hall–Kier alpha value is -1.11. The molecule has 0 saturated carbocycles. The molecule has 0 bridgehead atoms. The fraction of sp³-hybridized carbons (Fsp3) is 0.571. The zero-order valence-corrected chi connectivity index (χ0v) is 13.4. The van der Waals surface area contributed by atoms with Gasteiger partial charge in [0.15, 0.2) is 0 Å². The largest absolute Gasteiger partial charge is 0.395 e. The van der Waals surface area contributed by atoms with Gasteiger partial charge in [-0.15, -0.1) is 0 Å². The predicted octanol–water partition coefficient (Wildman–Crippen LogP) is 1.04. The first-order valence-electron chi connectivity index (χ1n) is 6.65. The summed E-state index contributed by atoms with van der Waals surface area (Å²) in [5.74, 6) is 0. The summed E-state index contributed by atoms with van der Waals surface area (Å²) in [7, 11) is -3.35. The average molecular weight is 300 g/mol. The zero-order valence-electron chi connectivity index (χ0n) is 12.5. The molecule has 1 aromatic rings. The van der Waals surface area contributed by atoms with Crippen molar-refractivity contribution in [3.63, 3.8) is 0 Å². The normalized spacial score (nSPS) is 13.2. The molecule has 6 heteroatoms. The Bertz CT molecular complexity index is 523. The number of rotatable bonds is 7. The minimum Gasteiger partial charge on any atom is -0.395 e. The Morgan fingerprint density at radius 1 is 1.30 bits per heavy atom. The maximum absolute atomic E-state index is 12.1. The fourth-order valence-corrected chi connectivity index (χ4v) is 3.33. The van der Waals surface area contributed by atoms with E-state index >= 15 is 0 Å². The highest BCUT2D eigenvalue weighted by atomic mass is 32.2. The molecule has 0 spiro atoms. The molecule has 5 nitrogen and oxygen atoms in total. The zero-order chi connectivity index (χ0) is 15.3. The van der Waals surface area contributed by atoms with Crippen LogP contribution in [0.3, 0.4) is 0 Å². The van der Waals surface area contributed by atoms with E-state index in [1.807, 2.05) is 39.0 Å². The van der Waals surface area contributed by atoms with Crippen molar-refractivity contribution < 1.29 is 13.5 Å². The minimum atomic E-state index is -3.35. The molecule has 114 valence electrons. The molecule has 0 aliphatic heterocycles. The van der Waals surface area contributed by atoms with Crippen LogP contribution in [0.5, 0.6) is 0 Å². The van der Waals surface area contributed by atoms with E-state index in [1.54, 1.807) is 0 Å². The molecule has 0 fully saturated rings. The van der Waals surface area contributed by atoms with Crippen molar-refractivity contribution >= 4 is 15.7 Å². The Morgan fingerprint density at radius 2 is 1.85 bits per heavy atom. The van der Waals surface area contributed by atoms with Gasteiger partial charge in [0.25, 0.3) is 0 Å². The molecular weight excluding hydrogens is 276 g/mol. The SMILES string of the molecule is Cc1cccc(C)c1N(CC(C)NCCO)S(C)(=O)=O. The van der Waals surface area contributed by atoms with Crippen LogP contribution in [0, 0.1) is 13.8 Å². The summed E-state index contributed by atoms with van der Waals surface area (Å²) in [4.78, 5) is 0. The quantitative estimate of drug-likeness (QED) is 0.789. The van der Waals surface area contributed by atoms with E-state index in [4.69, 9.17) is 5.11 Å². The van der Waals surface area contributed by atoms with E-state index in [2.05, 4.69) is 5.32 Å². The maximum atomic E-state index is 12.1. The number of sulfonamides is 1. The van der Waals surface area contributed by atoms with Gasteiger partial charge in [0, 0.05) is 19.1 Å². The first-order valence-corrected chi connectivity index (χ1v) is 8.50. The molecule has 0 saturated heterocycles. The topological polar surface area (TPSA) is 69.6 Å². The van der Waals surface area contributed by atoms with Crippen molar-refractivity contribution in [2.45, 2.75) is 26.8 Å². The first-order chi connectivity index (χ1) is 9.27. The highest BCUT2D eigenvalue weighted by Gasteiger charge is 2.22. The maximum Gasteiger partial charge on any atom is 0.232 e. The van der Waals surface area contributed by atoms with Gasteiger partial charge in [0.2, 0.25) is 10.0 Å². The standard InChI is InChI=1S/C14H24N2O3S/c1-11-6-5-7-12(2)14(11)16(20(4,18)19)10-13(3)15-8-9-17/h5-7,13,15,17H,8-10H2,1-4H3. The van der Waals surface area contributed by atoms with Crippen LogP contribution < -0.4 is 9.62 Å². The van der Waals surface area contributed by atoms with Gasteiger partial charge in [-0.2, -0.15) is 0 Å². The lowest BCUT2D eigenvalue weighted by molar-refractivity contribution is 0.286. The number of hydrogen-bond donors (Lipinski definition) is 2. The number of para-hydroxylation sites is 1. The molecule has 0 heterocycles. The van der Waals surface area contributed by atoms with Crippen LogP contribution in [0.1, 0.15) is 18.1 Å². The third-order valence-corrected chi connectivity index (χ3v) is 4.27. The number of benzene rings is 1. The molecule has 0 radical (unpaired) electrons. The first kappa shape index (κ1) is 16.9. The Morgan fingerprint density at radius 3 is 2.30 bits per heavy atom. The van der Waals surface area contributed by atoms with E-state index in [1.165, 1.54) is 10.6 Å². The van der Waals surface area contributed by atoms with Crippen LogP contribution in [0.15, 0.2) is 18.2 Å². The number of hydrogen-bond acceptors (Lipinski definition) is 4. The second kappa shape index (κ2) is 7.06. The number of aryl methyl sites for hydroxylation is 2. The molecule has 2 N–H and O–H groups in total. The second-order valence-corrected chi connectivity index (χ2v) is 7.02. The summed E-state index contributed by atoms with van der Waals surface area (Å²) in [5.41, 5.74) is 2.61. The van der Waals surface area contributed by atoms with Gasteiger partial charge in [-0.3, -0.25) is 4.31 Å². The van der Waals surface area contributed by atoms with E-state index < -0.39 is 10.0 Å². The number of nitrogens with one attached hydrogen (secondary N) is 1. The van der Waals surface area contributed by atoms with Crippen molar-refractivity contribution in [2.75, 3.05) is 30.3 Å². The third kappa shape index (κ3) is 4.47. The van der Waals surface area contributed by atoms with Gasteiger partial charge in [-0.1, -0.05) is 18.2 Å². The molecule has 0 aromatic heterocycles. The molecule has 1 rings (SSSR count). The van der Waals surface area contributed by atoms with Gasteiger partial charge in [-0.25, -0.2) is 8.42 Å². The van der Waals surface area contributed by atoms with Crippen LogP contribution in [0.25, 0.3) is 0 Å². The summed E-state index contributed by atoms with van der Waals surface area (Å²) in [6.07, 6.45) is 1.22. The van der Waals surface area contributed by atoms with E-state index in [9.17, 15) is 8.42 Å². The van der Waals surface area contributed by atoms with E-state index in [0.29, 0.717) is 13.1 Å². The lowest BCUT2D eigenvalue weighted by Gasteiger charge is -2.29. The summed E-state index contributed by atoms with van der Waals surface area (Å²) in [5, 5.41) is 11.9. The van der Waals surface area contributed by atoms with Crippen LogP contribution in [-0.2, 0) is 10.0 Å². The molecule has 1 aromatic carbocycles. The van der Waals surface area contributed by atoms with E-state index in [0.717, 1.165) is 16.8 Å². The highest BCUT2D eigenvalue weighted by Crippen LogP contribution is 2.26. The average Bonchev–Trinajstić information content (AvgIpc) is 2.33. The smallest absolute Gasteiger partial charge is 0.232 e. The Labute approximate surface area is 121 Å². The van der Waals surface area contributed by atoms with Crippen molar-refractivity contribution in [3.8, 4) is 0 Å². The van der Waals surface area contributed by atoms with Crippen molar-refractivity contribution in [3.05, 3.63) is 29.3 Å². The Kier molecular flexibility index (Phi) is 5.98. The van der Waals surface area contributed by atoms with E-state index in [-0.39, 0.29) is 12.6 Å². The molecule has 0 aliphatic carbocycles. The lowest BCUT2D eigenvalue weighted by atomic mass is 10.1. The molecule has 20 heavy (non-hydrogen) atoms.